The van der Waals surface area contributed by atoms with Crippen LogP contribution in [0.3, 0.4) is 0 Å². The van der Waals surface area contributed by atoms with Crippen LogP contribution in [0.25, 0.3) is 0 Å². The van der Waals surface area contributed by atoms with Gasteiger partial charge in [-0.1, -0.05) is 20.3 Å². The standard InChI is InChI=1S/C9H20OS/c1-4-8(2)7-9(10)5-6-11-3/h8-10H,4-7H2,1-3H3. The average Bonchev–Trinajstić information content (AvgIpc) is 2.00. The third-order valence-corrected chi connectivity index (χ3v) is 2.67. The summed E-state index contributed by atoms with van der Waals surface area (Å²) in [5.41, 5.74) is 0. The molecule has 0 aliphatic heterocycles. The molecule has 0 spiro atoms. The summed E-state index contributed by atoms with van der Waals surface area (Å²) in [6.07, 6.45) is 5.10. The van der Waals surface area contributed by atoms with Crippen LogP contribution < -0.4 is 0 Å². The molecule has 2 atom stereocenters. The third kappa shape index (κ3) is 6.70. The molecule has 0 amide bonds. The smallest absolute Gasteiger partial charge is 0.0550 e. The lowest BCUT2D eigenvalue weighted by Crippen LogP contribution is -2.11. The highest BCUT2D eigenvalue weighted by Gasteiger charge is 2.07. The summed E-state index contributed by atoms with van der Waals surface area (Å²) in [7, 11) is 0. The Labute approximate surface area is 74.6 Å². The molecule has 11 heavy (non-hydrogen) atoms. The summed E-state index contributed by atoms with van der Waals surface area (Å²) < 4.78 is 0. The minimum absolute atomic E-state index is 0.0719. The molecule has 0 radical (unpaired) electrons. The second kappa shape index (κ2) is 6.99. The lowest BCUT2D eigenvalue weighted by molar-refractivity contribution is 0.142. The van der Waals surface area contributed by atoms with Crippen LogP contribution >= 0.6 is 11.8 Å². The Morgan fingerprint density at radius 1 is 1.45 bits per heavy atom. The van der Waals surface area contributed by atoms with Gasteiger partial charge >= 0.3 is 0 Å². The zero-order valence-corrected chi connectivity index (χ0v) is 8.66. The molecule has 0 aromatic rings. The largest absolute Gasteiger partial charge is 0.393 e. The van der Waals surface area contributed by atoms with E-state index in [1.807, 2.05) is 0 Å². The third-order valence-electron chi connectivity index (χ3n) is 2.03. The van der Waals surface area contributed by atoms with Crippen molar-refractivity contribution in [2.45, 2.75) is 39.2 Å². The molecular weight excluding hydrogens is 156 g/mol. The predicted molar refractivity (Wildman–Crippen MR) is 53.1 cm³/mol. The fourth-order valence-corrected chi connectivity index (χ4v) is 1.51. The first kappa shape index (κ1) is 11.3. The van der Waals surface area contributed by atoms with Crippen molar-refractivity contribution < 1.29 is 5.11 Å². The van der Waals surface area contributed by atoms with Crippen molar-refractivity contribution in [2.24, 2.45) is 5.92 Å². The Kier molecular flexibility index (Phi) is 7.18. The van der Waals surface area contributed by atoms with E-state index < -0.39 is 0 Å². The molecule has 0 aliphatic rings. The van der Waals surface area contributed by atoms with Crippen LogP contribution in [0.2, 0.25) is 0 Å². The molecule has 1 N–H and O–H groups in total. The van der Waals surface area contributed by atoms with Gasteiger partial charge in [0.15, 0.2) is 0 Å². The monoisotopic (exact) mass is 176 g/mol. The van der Waals surface area contributed by atoms with Crippen molar-refractivity contribution in [3.63, 3.8) is 0 Å². The maximum absolute atomic E-state index is 9.47. The van der Waals surface area contributed by atoms with Gasteiger partial charge in [0, 0.05) is 0 Å². The topological polar surface area (TPSA) is 20.2 Å². The molecule has 0 heterocycles. The van der Waals surface area contributed by atoms with Crippen molar-refractivity contribution in [3.05, 3.63) is 0 Å². The molecule has 2 heteroatoms. The first-order chi connectivity index (χ1) is 5.20. The van der Waals surface area contributed by atoms with Gasteiger partial charge in [-0.25, -0.2) is 0 Å². The van der Waals surface area contributed by atoms with Crippen LogP contribution in [0, 0.1) is 5.92 Å². The lowest BCUT2D eigenvalue weighted by Gasteiger charge is -2.13. The Balaban J connectivity index is 3.27. The normalized spacial score (nSPS) is 16.4. The van der Waals surface area contributed by atoms with Crippen molar-refractivity contribution in [1.29, 1.82) is 0 Å². The van der Waals surface area contributed by atoms with Crippen molar-refractivity contribution >= 4 is 11.8 Å². The Hall–Kier alpha value is 0.310. The summed E-state index contributed by atoms with van der Waals surface area (Å²) in [5.74, 6) is 1.75. The van der Waals surface area contributed by atoms with Crippen LogP contribution in [-0.2, 0) is 0 Å². The highest BCUT2D eigenvalue weighted by Crippen LogP contribution is 2.13. The SMILES string of the molecule is CCC(C)CC(O)CCSC. The van der Waals surface area contributed by atoms with Crippen LogP contribution in [0.4, 0.5) is 0 Å². The van der Waals surface area contributed by atoms with Crippen LogP contribution in [0.15, 0.2) is 0 Å². The minimum atomic E-state index is -0.0719. The zero-order valence-electron chi connectivity index (χ0n) is 7.84. The van der Waals surface area contributed by atoms with E-state index in [1.165, 1.54) is 6.42 Å². The second-order valence-corrected chi connectivity index (χ2v) is 4.17. The number of thioether (sulfide) groups is 1. The van der Waals surface area contributed by atoms with Gasteiger partial charge in [-0.3, -0.25) is 0 Å². The van der Waals surface area contributed by atoms with Crippen LogP contribution in [0.1, 0.15) is 33.1 Å². The molecule has 0 aliphatic carbocycles. The van der Waals surface area contributed by atoms with E-state index in [1.54, 1.807) is 11.8 Å². The molecule has 0 rings (SSSR count). The molecule has 0 aromatic heterocycles. The van der Waals surface area contributed by atoms with Gasteiger partial charge in [-0.2, -0.15) is 11.8 Å². The van der Waals surface area contributed by atoms with E-state index in [0.29, 0.717) is 5.92 Å². The van der Waals surface area contributed by atoms with Gasteiger partial charge in [-0.05, 0) is 30.8 Å². The number of hydrogen-bond acceptors (Lipinski definition) is 2. The molecule has 0 saturated heterocycles. The van der Waals surface area contributed by atoms with Gasteiger partial charge in [0.2, 0.25) is 0 Å². The predicted octanol–water partition coefficient (Wildman–Crippen LogP) is 2.54. The Morgan fingerprint density at radius 2 is 2.09 bits per heavy atom. The zero-order chi connectivity index (χ0) is 8.69. The van der Waals surface area contributed by atoms with Crippen LogP contribution in [-0.4, -0.2) is 23.2 Å². The molecule has 1 nitrogen and oxygen atoms in total. The van der Waals surface area contributed by atoms with Gasteiger partial charge in [0.25, 0.3) is 0 Å². The molecule has 2 unspecified atom stereocenters. The van der Waals surface area contributed by atoms with E-state index in [4.69, 9.17) is 0 Å². The first-order valence-electron chi connectivity index (χ1n) is 4.37. The fraction of sp³-hybridized carbons (Fsp3) is 1.00. The highest BCUT2D eigenvalue weighted by molar-refractivity contribution is 7.98. The molecule has 0 bridgehead atoms. The molecule has 0 saturated carbocycles. The highest BCUT2D eigenvalue weighted by atomic mass is 32.2. The summed E-state index contributed by atoms with van der Waals surface area (Å²) in [4.78, 5) is 0. The lowest BCUT2D eigenvalue weighted by atomic mass is 10.00. The fourth-order valence-electron chi connectivity index (χ4n) is 1.00. The maximum Gasteiger partial charge on any atom is 0.0550 e. The molecule has 68 valence electrons. The van der Waals surface area contributed by atoms with Crippen LogP contribution in [0.5, 0.6) is 0 Å². The van der Waals surface area contributed by atoms with Crippen molar-refractivity contribution in [1.82, 2.24) is 0 Å². The van der Waals surface area contributed by atoms with E-state index in [-0.39, 0.29) is 6.10 Å². The second-order valence-electron chi connectivity index (χ2n) is 3.18. The Morgan fingerprint density at radius 3 is 2.55 bits per heavy atom. The summed E-state index contributed by atoms with van der Waals surface area (Å²) in [6, 6.07) is 0. The first-order valence-corrected chi connectivity index (χ1v) is 5.77. The summed E-state index contributed by atoms with van der Waals surface area (Å²) in [6.45, 7) is 4.37. The summed E-state index contributed by atoms with van der Waals surface area (Å²) in [5, 5.41) is 9.47. The number of aliphatic hydroxyl groups is 1. The van der Waals surface area contributed by atoms with Gasteiger partial charge in [0.1, 0.15) is 0 Å². The molecular formula is C9H20OS. The molecule has 0 aromatic carbocycles. The minimum Gasteiger partial charge on any atom is -0.393 e. The maximum atomic E-state index is 9.47. The van der Waals surface area contributed by atoms with Crippen molar-refractivity contribution in [2.75, 3.05) is 12.0 Å². The van der Waals surface area contributed by atoms with E-state index in [2.05, 4.69) is 20.1 Å². The quantitative estimate of drug-likeness (QED) is 0.671. The van der Waals surface area contributed by atoms with Crippen molar-refractivity contribution in [3.8, 4) is 0 Å². The average molecular weight is 176 g/mol. The van der Waals surface area contributed by atoms with Gasteiger partial charge < -0.3 is 5.11 Å². The van der Waals surface area contributed by atoms with E-state index in [0.717, 1.165) is 18.6 Å². The summed E-state index contributed by atoms with van der Waals surface area (Å²) >= 11 is 1.80. The van der Waals surface area contributed by atoms with Gasteiger partial charge in [0.05, 0.1) is 6.10 Å². The number of rotatable bonds is 6. The number of hydrogen-bond donors (Lipinski definition) is 1. The van der Waals surface area contributed by atoms with Gasteiger partial charge in [-0.15, -0.1) is 0 Å². The number of aliphatic hydroxyl groups excluding tert-OH is 1. The Bertz CT molecular complexity index is 85.6. The van der Waals surface area contributed by atoms with E-state index in [9.17, 15) is 5.11 Å². The van der Waals surface area contributed by atoms with E-state index >= 15 is 0 Å². The molecule has 0 fully saturated rings.